The third-order valence-electron chi connectivity index (χ3n) is 7.74. The number of hydrogen-bond donors (Lipinski definition) is 2. The molecule has 1 heterocycles. The first kappa shape index (κ1) is 29.7. The maximum atomic E-state index is 13.4. The zero-order valence-corrected chi connectivity index (χ0v) is 24.5. The van der Waals surface area contributed by atoms with E-state index < -0.39 is 12.0 Å². The highest BCUT2D eigenvalue weighted by Crippen LogP contribution is 2.32. The SMILES string of the molecule is CC[C@@H]1C[C@@H](COc2ccccc2)N(Cc2ccc(C(=O)N[C@@H](CCSC)C(=O)O)c(-c3ccccc3C)c2)C1. The molecule has 0 spiro atoms. The number of para-hydroxylation sites is 1. The summed E-state index contributed by atoms with van der Waals surface area (Å²) in [6.07, 6.45) is 4.53. The van der Waals surface area contributed by atoms with E-state index in [1.54, 1.807) is 11.8 Å². The summed E-state index contributed by atoms with van der Waals surface area (Å²) in [6.45, 7) is 6.68. The largest absolute Gasteiger partial charge is 0.492 e. The number of hydrogen-bond acceptors (Lipinski definition) is 5. The minimum atomic E-state index is -1.01. The van der Waals surface area contributed by atoms with Gasteiger partial charge < -0.3 is 15.2 Å². The Morgan fingerprint density at radius 3 is 2.52 bits per heavy atom. The number of carbonyl (C=O) groups excluding carboxylic acids is 1. The number of aliphatic carboxylic acids is 1. The van der Waals surface area contributed by atoms with Gasteiger partial charge in [-0.3, -0.25) is 9.69 Å². The second kappa shape index (κ2) is 14.4. The van der Waals surface area contributed by atoms with E-state index in [0.717, 1.165) is 53.9 Å². The Kier molecular flexibility index (Phi) is 10.7. The van der Waals surface area contributed by atoms with E-state index in [-0.39, 0.29) is 5.91 Å². The fourth-order valence-electron chi connectivity index (χ4n) is 5.41. The number of amides is 1. The zero-order valence-electron chi connectivity index (χ0n) is 23.6. The molecule has 40 heavy (non-hydrogen) atoms. The highest BCUT2D eigenvalue weighted by atomic mass is 32.2. The molecule has 3 aromatic rings. The Labute approximate surface area is 242 Å². The number of thioether (sulfide) groups is 1. The average molecular weight is 561 g/mol. The van der Waals surface area contributed by atoms with Crippen molar-refractivity contribution in [1.82, 2.24) is 10.2 Å². The third kappa shape index (κ3) is 7.67. The van der Waals surface area contributed by atoms with Crippen molar-refractivity contribution in [1.29, 1.82) is 0 Å². The summed E-state index contributed by atoms with van der Waals surface area (Å²) in [6, 6.07) is 23.3. The van der Waals surface area contributed by atoms with Gasteiger partial charge in [0, 0.05) is 24.7 Å². The first-order valence-corrected chi connectivity index (χ1v) is 15.4. The number of rotatable bonds is 13. The second-order valence-corrected chi connectivity index (χ2v) is 11.5. The van der Waals surface area contributed by atoms with E-state index in [0.29, 0.717) is 36.3 Å². The normalized spacial score (nSPS) is 17.9. The number of carbonyl (C=O) groups is 2. The van der Waals surface area contributed by atoms with Gasteiger partial charge in [0.2, 0.25) is 0 Å². The van der Waals surface area contributed by atoms with Crippen molar-refractivity contribution in [2.45, 2.75) is 51.7 Å². The van der Waals surface area contributed by atoms with E-state index in [4.69, 9.17) is 4.74 Å². The molecule has 0 unspecified atom stereocenters. The van der Waals surface area contributed by atoms with Crippen molar-refractivity contribution in [2.75, 3.05) is 25.2 Å². The number of likely N-dealkylation sites (tertiary alicyclic amines) is 1. The van der Waals surface area contributed by atoms with Gasteiger partial charge in [-0.05, 0) is 84.2 Å². The topological polar surface area (TPSA) is 78.9 Å². The fourth-order valence-corrected chi connectivity index (χ4v) is 5.88. The molecule has 212 valence electrons. The molecule has 1 saturated heterocycles. The first-order chi connectivity index (χ1) is 19.4. The number of benzene rings is 3. The Bertz CT molecular complexity index is 1280. The summed E-state index contributed by atoms with van der Waals surface area (Å²) >= 11 is 1.56. The maximum absolute atomic E-state index is 13.4. The van der Waals surface area contributed by atoms with Crippen LogP contribution in [-0.4, -0.2) is 59.1 Å². The molecule has 1 fully saturated rings. The van der Waals surface area contributed by atoms with Crippen LogP contribution in [0.15, 0.2) is 72.8 Å². The monoisotopic (exact) mass is 560 g/mol. The van der Waals surface area contributed by atoms with Gasteiger partial charge in [-0.15, -0.1) is 0 Å². The molecule has 1 aliphatic heterocycles. The molecule has 0 aliphatic carbocycles. The molecule has 4 rings (SSSR count). The molecule has 7 heteroatoms. The summed E-state index contributed by atoms with van der Waals surface area (Å²) < 4.78 is 6.15. The lowest BCUT2D eigenvalue weighted by molar-refractivity contribution is -0.139. The molecule has 3 aromatic carbocycles. The smallest absolute Gasteiger partial charge is 0.326 e. The molecule has 0 bridgehead atoms. The van der Waals surface area contributed by atoms with Crippen molar-refractivity contribution in [2.24, 2.45) is 5.92 Å². The van der Waals surface area contributed by atoms with Gasteiger partial charge in [0.05, 0.1) is 0 Å². The lowest BCUT2D eigenvalue weighted by Crippen LogP contribution is -2.41. The number of aryl methyl sites for hydroxylation is 1. The Morgan fingerprint density at radius 2 is 1.82 bits per heavy atom. The summed E-state index contributed by atoms with van der Waals surface area (Å²) in [5.74, 6) is 0.792. The summed E-state index contributed by atoms with van der Waals surface area (Å²) in [5.41, 5.74) is 4.47. The van der Waals surface area contributed by atoms with Crippen LogP contribution < -0.4 is 10.1 Å². The summed E-state index contributed by atoms with van der Waals surface area (Å²) in [7, 11) is 0. The summed E-state index contributed by atoms with van der Waals surface area (Å²) in [5, 5.41) is 12.4. The van der Waals surface area contributed by atoms with E-state index in [9.17, 15) is 14.7 Å². The summed E-state index contributed by atoms with van der Waals surface area (Å²) in [4.78, 5) is 27.7. The zero-order chi connectivity index (χ0) is 28.5. The van der Waals surface area contributed by atoms with Crippen molar-refractivity contribution in [3.63, 3.8) is 0 Å². The van der Waals surface area contributed by atoms with E-state index >= 15 is 0 Å². The van der Waals surface area contributed by atoms with Crippen LogP contribution in [0.25, 0.3) is 11.1 Å². The molecule has 0 saturated carbocycles. The van der Waals surface area contributed by atoms with E-state index in [1.165, 1.54) is 0 Å². The lowest BCUT2D eigenvalue weighted by Gasteiger charge is -2.25. The number of carboxylic acid groups (broad SMARTS) is 1. The fraction of sp³-hybridized carbons (Fsp3) is 0.394. The van der Waals surface area contributed by atoms with Gasteiger partial charge in [-0.2, -0.15) is 11.8 Å². The van der Waals surface area contributed by atoms with Gasteiger partial charge in [0.1, 0.15) is 18.4 Å². The van der Waals surface area contributed by atoms with Crippen molar-refractivity contribution in [3.8, 4) is 16.9 Å². The third-order valence-corrected chi connectivity index (χ3v) is 8.38. The molecule has 6 nitrogen and oxygen atoms in total. The van der Waals surface area contributed by atoms with Gasteiger partial charge in [-0.1, -0.05) is 61.9 Å². The highest BCUT2D eigenvalue weighted by Gasteiger charge is 2.32. The van der Waals surface area contributed by atoms with Crippen LogP contribution >= 0.6 is 11.8 Å². The molecule has 1 amide bonds. The van der Waals surface area contributed by atoms with E-state index in [1.807, 2.05) is 79.9 Å². The molecule has 3 atom stereocenters. The van der Waals surface area contributed by atoms with Crippen molar-refractivity contribution < 1.29 is 19.4 Å². The molecule has 1 aliphatic rings. The van der Waals surface area contributed by atoms with Crippen molar-refractivity contribution in [3.05, 3.63) is 89.5 Å². The van der Waals surface area contributed by atoms with Gasteiger partial charge >= 0.3 is 5.97 Å². The number of nitrogens with zero attached hydrogens (tertiary/aromatic N) is 1. The minimum absolute atomic E-state index is 0.308. The average Bonchev–Trinajstić information content (AvgIpc) is 3.36. The Morgan fingerprint density at radius 1 is 1.07 bits per heavy atom. The first-order valence-electron chi connectivity index (χ1n) is 14.0. The minimum Gasteiger partial charge on any atom is -0.492 e. The quantitative estimate of drug-likeness (QED) is 0.256. The number of ether oxygens (including phenoxy) is 1. The van der Waals surface area contributed by atoms with Crippen LogP contribution in [0, 0.1) is 12.8 Å². The van der Waals surface area contributed by atoms with Crippen LogP contribution in [0.3, 0.4) is 0 Å². The maximum Gasteiger partial charge on any atom is 0.326 e. The molecule has 0 radical (unpaired) electrons. The molecular weight excluding hydrogens is 520 g/mol. The molecular formula is C33H40N2O4S. The van der Waals surface area contributed by atoms with Crippen LogP contribution in [-0.2, 0) is 11.3 Å². The van der Waals surface area contributed by atoms with Gasteiger partial charge in [0.25, 0.3) is 5.91 Å². The van der Waals surface area contributed by atoms with Crippen LogP contribution in [0.1, 0.15) is 47.7 Å². The van der Waals surface area contributed by atoms with Crippen LogP contribution in [0.2, 0.25) is 0 Å². The van der Waals surface area contributed by atoms with Crippen molar-refractivity contribution >= 4 is 23.6 Å². The van der Waals surface area contributed by atoms with Crippen LogP contribution in [0.5, 0.6) is 5.75 Å². The highest BCUT2D eigenvalue weighted by molar-refractivity contribution is 7.98. The standard InChI is InChI=1S/C33H40N2O4S/c1-4-24-18-26(22-39-27-11-6-5-7-12-27)35(20-24)21-25-14-15-29(30(19-25)28-13-9-8-10-23(28)2)32(36)34-31(33(37)38)16-17-40-3/h5-15,19,24,26,31H,4,16-18,20-22H2,1-3H3,(H,34,36)(H,37,38)/t24-,26+,31+/m1/s1. The van der Waals surface area contributed by atoms with Crippen LogP contribution in [0.4, 0.5) is 0 Å². The Hall–Kier alpha value is -3.29. The van der Waals surface area contributed by atoms with Gasteiger partial charge in [-0.25, -0.2) is 4.79 Å². The number of carboxylic acids is 1. The predicted molar refractivity (Wildman–Crippen MR) is 163 cm³/mol. The second-order valence-electron chi connectivity index (χ2n) is 10.6. The molecule has 2 N–H and O–H groups in total. The Balaban J connectivity index is 1.59. The van der Waals surface area contributed by atoms with Gasteiger partial charge in [0.15, 0.2) is 0 Å². The lowest BCUT2D eigenvalue weighted by atomic mass is 9.93. The molecule has 0 aromatic heterocycles. The number of nitrogens with one attached hydrogen (secondary N) is 1. The predicted octanol–water partition coefficient (Wildman–Crippen LogP) is 6.28. The van der Waals surface area contributed by atoms with E-state index in [2.05, 4.69) is 23.2 Å².